The molecule has 1 unspecified atom stereocenters. The molecule has 4 heteroatoms. The molecule has 0 aliphatic rings. The third-order valence-electron chi connectivity index (χ3n) is 4.03. The highest BCUT2D eigenvalue weighted by atomic mass is 79.9. The molecular formula is C22H20BrNOS. The van der Waals surface area contributed by atoms with Crippen molar-refractivity contribution >= 4 is 39.3 Å². The molecule has 26 heavy (non-hydrogen) atoms. The van der Waals surface area contributed by atoms with Crippen LogP contribution in [0.1, 0.15) is 23.3 Å². The fraction of sp³-hybridized carbons (Fsp3) is 0.136. The summed E-state index contributed by atoms with van der Waals surface area (Å²) in [6.45, 7) is 1.96. The Bertz CT molecular complexity index is 798. The zero-order valence-corrected chi connectivity index (χ0v) is 16.8. The summed E-state index contributed by atoms with van der Waals surface area (Å²) in [5, 5.41) is 2.92. The highest BCUT2D eigenvalue weighted by Gasteiger charge is 2.22. The minimum absolute atomic E-state index is 0.00850. The van der Waals surface area contributed by atoms with E-state index < -0.39 is 0 Å². The first-order valence-electron chi connectivity index (χ1n) is 8.45. The van der Waals surface area contributed by atoms with Crippen LogP contribution in [0, 0.1) is 0 Å². The summed E-state index contributed by atoms with van der Waals surface area (Å²) < 4.78 is 0.992. The predicted molar refractivity (Wildman–Crippen MR) is 115 cm³/mol. The number of hydrogen-bond donors (Lipinski definition) is 1. The van der Waals surface area contributed by atoms with Gasteiger partial charge in [0.05, 0.1) is 10.5 Å². The van der Waals surface area contributed by atoms with Crippen molar-refractivity contribution in [1.29, 1.82) is 0 Å². The van der Waals surface area contributed by atoms with Gasteiger partial charge in [0, 0.05) is 10.2 Å². The quantitative estimate of drug-likeness (QED) is 0.501. The minimum Gasteiger partial charge on any atom is -0.325 e. The lowest BCUT2D eigenvalue weighted by Gasteiger charge is -2.21. The van der Waals surface area contributed by atoms with Gasteiger partial charge in [-0.25, -0.2) is 0 Å². The fourth-order valence-corrected chi connectivity index (χ4v) is 4.13. The molecular weight excluding hydrogens is 406 g/mol. The molecule has 1 atom stereocenters. The molecule has 0 bridgehead atoms. The van der Waals surface area contributed by atoms with Gasteiger partial charge in [0.2, 0.25) is 5.91 Å². The molecule has 0 spiro atoms. The van der Waals surface area contributed by atoms with Gasteiger partial charge in [0.15, 0.2) is 0 Å². The summed E-state index contributed by atoms with van der Waals surface area (Å²) in [5.74, 6) is 0.00850. The van der Waals surface area contributed by atoms with Gasteiger partial charge >= 0.3 is 0 Å². The van der Waals surface area contributed by atoms with Crippen LogP contribution in [0.5, 0.6) is 0 Å². The van der Waals surface area contributed by atoms with Gasteiger partial charge in [0.25, 0.3) is 0 Å². The smallest absolute Gasteiger partial charge is 0.237 e. The lowest BCUT2D eigenvalue weighted by atomic mass is 10.0. The van der Waals surface area contributed by atoms with Crippen molar-refractivity contribution in [2.45, 2.75) is 17.4 Å². The zero-order valence-electron chi connectivity index (χ0n) is 14.4. The zero-order chi connectivity index (χ0) is 18.4. The molecule has 0 heterocycles. The Kier molecular flexibility index (Phi) is 6.53. The van der Waals surface area contributed by atoms with E-state index in [1.807, 2.05) is 67.6 Å². The van der Waals surface area contributed by atoms with Gasteiger partial charge in [-0.3, -0.25) is 4.79 Å². The summed E-state index contributed by atoms with van der Waals surface area (Å²) in [4.78, 5) is 12.7. The Morgan fingerprint density at radius 2 is 1.35 bits per heavy atom. The van der Waals surface area contributed by atoms with Crippen molar-refractivity contribution in [1.82, 2.24) is 0 Å². The van der Waals surface area contributed by atoms with E-state index in [0.717, 1.165) is 10.2 Å². The molecule has 1 amide bonds. The van der Waals surface area contributed by atoms with Crippen LogP contribution >= 0.6 is 27.7 Å². The largest absolute Gasteiger partial charge is 0.325 e. The standard InChI is InChI=1S/C22H20BrNOS/c1-16(22(25)24-20-14-12-19(23)13-15-20)26-21(17-8-4-2-5-9-17)18-10-6-3-7-11-18/h2-16,21H,1H3,(H,24,25). The molecule has 3 aromatic carbocycles. The topological polar surface area (TPSA) is 29.1 Å². The summed E-state index contributed by atoms with van der Waals surface area (Å²) in [6, 6.07) is 28.3. The molecule has 1 N–H and O–H groups in total. The number of carbonyl (C=O) groups excluding carboxylic acids is 1. The average molecular weight is 426 g/mol. The van der Waals surface area contributed by atoms with Crippen LogP contribution in [0.2, 0.25) is 0 Å². The maximum Gasteiger partial charge on any atom is 0.237 e. The lowest BCUT2D eigenvalue weighted by Crippen LogP contribution is -2.23. The number of benzene rings is 3. The SMILES string of the molecule is CC(SC(c1ccccc1)c1ccccc1)C(=O)Nc1ccc(Br)cc1. The van der Waals surface area contributed by atoms with Gasteiger partial charge in [-0.15, -0.1) is 11.8 Å². The Morgan fingerprint density at radius 1 is 0.846 bits per heavy atom. The van der Waals surface area contributed by atoms with Gasteiger partial charge in [-0.2, -0.15) is 0 Å². The van der Waals surface area contributed by atoms with Gasteiger partial charge in [-0.05, 0) is 42.3 Å². The first-order chi connectivity index (χ1) is 12.6. The van der Waals surface area contributed by atoms with Crippen molar-refractivity contribution in [3.63, 3.8) is 0 Å². The van der Waals surface area contributed by atoms with Crippen molar-refractivity contribution in [2.24, 2.45) is 0 Å². The van der Waals surface area contributed by atoms with E-state index in [-0.39, 0.29) is 16.4 Å². The molecule has 0 aromatic heterocycles. The number of halogens is 1. The molecule has 3 aromatic rings. The molecule has 2 nitrogen and oxygen atoms in total. The second-order valence-electron chi connectivity index (χ2n) is 5.98. The van der Waals surface area contributed by atoms with Crippen molar-refractivity contribution < 1.29 is 4.79 Å². The fourth-order valence-electron chi connectivity index (χ4n) is 2.65. The van der Waals surface area contributed by atoms with Gasteiger partial charge in [0.1, 0.15) is 0 Å². The number of rotatable bonds is 6. The predicted octanol–water partition coefficient (Wildman–Crippen LogP) is 6.30. The number of hydrogen-bond acceptors (Lipinski definition) is 2. The second kappa shape index (κ2) is 9.06. The molecule has 0 saturated heterocycles. The third kappa shape index (κ3) is 4.99. The van der Waals surface area contributed by atoms with E-state index in [4.69, 9.17) is 0 Å². The highest BCUT2D eigenvalue weighted by Crippen LogP contribution is 2.38. The van der Waals surface area contributed by atoms with E-state index in [0.29, 0.717) is 0 Å². The summed E-state index contributed by atoms with van der Waals surface area (Å²) in [6.07, 6.45) is 0. The summed E-state index contributed by atoms with van der Waals surface area (Å²) >= 11 is 5.07. The Balaban J connectivity index is 1.75. The monoisotopic (exact) mass is 425 g/mol. The normalized spacial score (nSPS) is 12.0. The van der Waals surface area contributed by atoms with E-state index >= 15 is 0 Å². The van der Waals surface area contributed by atoms with Crippen LogP contribution < -0.4 is 5.32 Å². The van der Waals surface area contributed by atoms with Gasteiger partial charge < -0.3 is 5.32 Å². The maximum absolute atomic E-state index is 12.7. The lowest BCUT2D eigenvalue weighted by molar-refractivity contribution is -0.115. The van der Waals surface area contributed by atoms with Crippen molar-refractivity contribution in [3.05, 3.63) is 101 Å². The molecule has 132 valence electrons. The summed E-state index contributed by atoms with van der Waals surface area (Å²) in [5.41, 5.74) is 3.21. The Morgan fingerprint density at radius 3 is 1.85 bits per heavy atom. The highest BCUT2D eigenvalue weighted by molar-refractivity contribution is 9.10. The number of amides is 1. The van der Waals surface area contributed by atoms with E-state index in [9.17, 15) is 4.79 Å². The molecule has 0 radical (unpaired) electrons. The molecule has 0 saturated carbocycles. The van der Waals surface area contributed by atoms with E-state index in [1.54, 1.807) is 11.8 Å². The minimum atomic E-state index is -0.191. The third-order valence-corrected chi connectivity index (χ3v) is 5.99. The molecule has 0 aliphatic carbocycles. The average Bonchev–Trinajstić information content (AvgIpc) is 2.69. The van der Waals surface area contributed by atoms with Crippen LogP contribution in [-0.2, 0) is 4.79 Å². The molecule has 0 fully saturated rings. The molecule has 3 rings (SSSR count). The number of anilines is 1. The number of carbonyl (C=O) groups is 1. The molecule has 0 aliphatic heterocycles. The van der Waals surface area contributed by atoms with E-state index in [1.165, 1.54) is 11.1 Å². The number of nitrogens with one attached hydrogen (secondary N) is 1. The van der Waals surface area contributed by atoms with Crippen LogP contribution in [-0.4, -0.2) is 11.2 Å². The van der Waals surface area contributed by atoms with Crippen LogP contribution in [0.15, 0.2) is 89.4 Å². The first-order valence-corrected chi connectivity index (χ1v) is 10.2. The van der Waals surface area contributed by atoms with Crippen molar-refractivity contribution in [3.8, 4) is 0 Å². The van der Waals surface area contributed by atoms with E-state index in [2.05, 4.69) is 45.5 Å². The van der Waals surface area contributed by atoms with Crippen LogP contribution in [0.4, 0.5) is 5.69 Å². The maximum atomic E-state index is 12.7. The van der Waals surface area contributed by atoms with Crippen LogP contribution in [0.25, 0.3) is 0 Å². The first kappa shape index (κ1) is 18.7. The van der Waals surface area contributed by atoms with Crippen LogP contribution in [0.3, 0.4) is 0 Å². The van der Waals surface area contributed by atoms with Crippen molar-refractivity contribution in [2.75, 3.05) is 5.32 Å². The second-order valence-corrected chi connectivity index (χ2v) is 8.34. The Labute approximate surface area is 167 Å². The Hall–Kier alpha value is -2.04. The summed E-state index contributed by atoms with van der Waals surface area (Å²) in [7, 11) is 0. The van der Waals surface area contributed by atoms with Gasteiger partial charge in [-0.1, -0.05) is 76.6 Å². The number of thioether (sulfide) groups is 1.